The van der Waals surface area contributed by atoms with Crippen molar-refractivity contribution in [3.63, 3.8) is 0 Å². The topological polar surface area (TPSA) is 82.8 Å². The molecule has 0 saturated carbocycles. The minimum atomic E-state index is -0.513. The number of halogens is 2. The van der Waals surface area contributed by atoms with Gasteiger partial charge in [0.15, 0.2) is 11.5 Å². The zero-order chi connectivity index (χ0) is 19.7. The van der Waals surface area contributed by atoms with Crippen LogP contribution in [0, 0.1) is 11.6 Å². The van der Waals surface area contributed by atoms with Crippen molar-refractivity contribution in [1.29, 1.82) is 0 Å². The summed E-state index contributed by atoms with van der Waals surface area (Å²) < 4.78 is 29.6. The molecule has 0 bridgehead atoms. The lowest BCUT2D eigenvalue weighted by atomic mass is 10.0. The molecule has 3 heterocycles. The molecule has 1 saturated heterocycles. The Balaban J connectivity index is 1.81. The average molecular weight is 387 g/mol. The fraction of sp³-hybridized carbons (Fsp3) is 0.316. The van der Waals surface area contributed by atoms with Gasteiger partial charge in [-0.25, -0.2) is 18.3 Å². The van der Waals surface area contributed by atoms with Crippen molar-refractivity contribution >= 4 is 17.4 Å². The highest BCUT2D eigenvalue weighted by Gasteiger charge is 2.34. The van der Waals surface area contributed by atoms with Crippen molar-refractivity contribution in [2.24, 2.45) is 0 Å². The highest BCUT2D eigenvalue weighted by Crippen LogP contribution is 2.39. The number of benzene rings is 1. The Labute approximate surface area is 159 Å². The quantitative estimate of drug-likeness (QED) is 0.700. The first-order valence-corrected chi connectivity index (χ1v) is 9.04. The zero-order valence-corrected chi connectivity index (χ0v) is 15.0. The third-order valence-electron chi connectivity index (χ3n) is 4.84. The van der Waals surface area contributed by atoms with Crippen molar-refractivity contribution in [2.45, 2.75) is 18.9 Å². The van der Waals surface area contributed by atoms with Gasteiger partial charge in [0, 0.05) is 31.0 Å². The molecule has 1 aromatic carbocycles. The van der Waals surface area contributed by atoms with E-state index in [-0.39, 0.29) is 24.3 Å². The van der Waals surface area contributed by atoms with Crippen LogP contribution in [-0.2, 0) is 0 Å². The van der Waals surface area contributed by atoms with Crippen LogP contribution in [-0.4, -0.2) is 45.3 Å². The highest BCUT2D eigenvalue weighted by molar-refractivity contribution is 6.04. The summed E-state index contributed by atoms with van der Waals surface area (Å²) >= 11 is 0. The first-order chi connectivity index (χ1) is 13.6. The molecule has 2 aromatic heterocycles. The fourth-order valence-electron chi connectivity index (χ4n) is 3.65. The van der Waals surface area contributed by atoms with E-state index in [2.05, 4.69) is 15.4 Å². The van der Waals surface area contributed by atoms with E-state index in [4.69, 9.17) is 5.11 Å². The van der Waals surface area contributed by atoms with Gasteiger partial charge in [-0.05, 0) is 37.1 Å². The number of aliphatic hydroxyl groups excluding tert-OH is 1. The van der Waals surface area contributed by atoms with E-state index in [0.717, 1.165) is 18.6 Å². The molecule has 1 aliphatic heterocycles. The smallest absolute Gasteiger partial charge is 0.259 e. The lowest BCUT2D eigenvalue weighted by Crippen LogP contribution is -2.30. The van der Waals surface area contributed by atoms with Gasteiger partial charge in [-0.1, -0.05) is 0 Å². The molecule has 28 heavy (non-hydrogen) atoms. The van der Waals surface area contributed by atoms with Gasteiger partial charge in [0.25, 0.3) is 5.91 Å². The molecular formula is C19H19F2N5O2. The number of nitrogens with zero attached hydrogens (tertiary/aromatic N) is 4. The molecule has 4 rings (SSSR count). The summed E-state index contributed by atoms with van der Waals surface area (Å²) in [5.41, 5.74) is 0.847. The van der Waals surface area contributed by atoms with Gasteiger partial charge in [0.2, 0.25) is 0 Å². The van der Waals surface area contributed by atoms with E-state index in [1.165, 1.54) is 10.6 Å². The Morgan fingerprint density at radius 3 is 3.04 bits per heavy atom. The SMILES string of the molecule is O=C(NCCO)c1c(N2CCCC2c2cc(F)ccc2F)nn2cccnc12. The van der Waals surface area contributed by atoms with Crippen LogP contribution in [0.3, 0.4) is 0 Å². The van der Waals surface area contributed by atoms with Gasteiger partial charge >= 0.3 is 0 Å². The molecule has 1 unspecified atom stereocenters. The second kappa shape index (κ2) is 7.51. The Hall–Kier alpha value is -3.07. The van der Waals surface area contributed by atoms with Gasteiger partial charge in [-0.3, -0.25) is 4.79 Å². The number of carbonyl (C=O) groups excluding carboxylic acids is 1. The van der Waals surface area contributed by atoms with Gasteiger partial charge in [-0.15, -0.1) is 5.10 Å². The number of fused-ring (bicyclic) bond motifs is 1. The summed E-state index contributed by atoms with van der Waals surface area (Å²) in [7, 11) is 0. The maximum Gasteiger partial charge on any atom is 0.259 e. The fourth-order valence-corrected chi connectivity index (χ4v) is 3.65. The Morgan fingerprint density at radius 2 is 2.21 bits per heavy atom. The lowest BCUT2D eigenvalue weighted by Gasteiger charge is -2.26. The Bertz CT molecular complexity index is 1020. The number of carbonyl (C=O) groups is 1. The van der Waals surface area contributed by atoms with Crippen molar-refractivity contribution in [3.05, 3.63) is 59.4 Å². The molecular weight excluding hydrogens is 368 g/mol. The van der Waals surface area contributed by atoms with Crippen LogP contribution in [0.4, 0.5) is 14.6 Å². The lowest BCUT2D eigenvalue weighted by molar-refractivity contribution is 0.0946. The number of hydrogen-bond acceptors (Lipinski definition) is 5. The number of anilines is 1. The first kappa shape index (κ1) is 18.3. The first-order valence-electron chi connectivity index (χ1n) is 9.04. The van der Waals surface area contributed by atoms with Gasteiger partial charge < -0.3 is 15.3 Å². The number of aromatic nitrogens is 3. The van der Waals surface area contributed by atoms with E-state index in [0.29, 0.717) is 24.4 Å². The number of hydrogen-bond donors (Lipinski definition) is 2. The summed E-state index contributed by atoms with van der Waals surface area (Å²) in [4.78, 5) is 18.8. The number of amides is 1. The monoisotopic (exact) mass is 387 g/mol. The second-order valence-electron chi connectivity index (χ2n) is 6.58. The van der Waals surface area contributed by atoms with Crippen LogP contribution < -0.4 is 10.2 Å². The van der Waals surface area contributed by atoms with Crippen molar-refractivity contribution in [1.82, 2.24) is 19.9 Å². The maximum absolute atomic E-state index is 14.4. The molecule has 2 N–H and O–H groups in total. The Kier molecular flexibility index (Phi) is 4.91. The molecule has 3 aromatic rings. The predicted molar refractivity (Wildman–Crippen MR) is 98.1 cm³/mol. The van der Waals surface area contributed by atoms with Crippen molar-refractivity contribution in [2.75, 3.05) is 24.6 Å². The number of rotatable bonds is 5. The van der Waals surface area contributed by atoms with E-state index in [1.54, 1.807) is 18.5 Å². The molecule has 1 fully saturated rings. The van der Waals surface area contributed by atoms with E-state index in [9.17, 15) is 13.6 Å². The molecule has 1 aliphatic rings. The molecule has 0 aliphatic carbocycles. The minimum Gasteiger partial charge on any atom is -0.395 e. The molecule has 1 amide bonds. The molecule has 0 spiro atoms. The van der Waals surface area contributed by atoms with Crippen LogP contribution in [0.2, 0.25) is 0 Å². The largest absolute Gasteiger partial charge is 0.395 e. The summed E-state index contributed by atoms with van der Waals surface area (Å²) in [5.74, 6) is -1.07. The van der Waals surface area contributed by atoms with Gasteiger partial charge in [0.1, 0.15) is 17.2 Å². The van der Waals surface area contributed by atoms with Gasteiger partial charge in [-0.2, -0.15) is 0 Å². The van der Waals surface area contributed by atoms with Crippen molar-refractivity contribution in [3.8, 4) is 0 Å². The summed E-state index contributed by atoms with van der Waals surface area (Å²) in [6.45, 7) is 0.434. The second-order valence-corrected chi connectivity index (χ2v) is 6.58. The van der Waals surface area contributed by atoms with Crippen LogP contribution in [0.1, 0.15) is 34.8 Å². The molecule has 7 nitrogen and oxygen atoms in total. The zero-order valence-electron chi connectivity index (χ0n) is 15.0. The average Bonchev–Trinajstić information content (AvgIpc) is 3.32. The third kappa shape index (κ3) is 3.18. The predicted octanol–water partition coefficient (Wildman–Crippen LogP) is 2.07. The third-order valence-corrected chi connectivity index (χ3v) is 4.84. The van der Waals surface area contributed by atoms with E-state index >= 15 is 0 Å². The summed E-state index contributed by atoms with van der Waals surface area (Å²) in [6, 6.07) is 4.64. The standard InChI is InChI=1S/C19H19F2N5O2/c20-12-4-5-14(21)13(11-12)15-3-1-8-25(15)18-16(19(28)23-7-10-27)17-22-6-2-9-26(17)24-18/h2,4-6,9,11,15,27H,1,3,7-8,10H2,(H,23,28). The summed E-state index contributed by atoms with van der Waals surface area (Å²) in [5, 5.41) is 16.1. The van der Waals surface area contributed by atoms with Crippen LogP contribution in [0.15, 0.2) is 36.7 Å². The van der Waals surface area contributed by atoms with E-state index < -0.39 is 23.6 Å². The number of nitrogens with one attached hydrogen (secondary N) is 1. The Morgan fingerprint density at radius 1 is 1.36 bits per heavy atom. The maximum atomic E-state index is 14.4. The van der Waals surface area contributed by atoms with Crippen LogP contribution >= 0.6 is 0 Å². The van der Waals surface area contributed by atoms with Crippen LogP contribution in [0.25, 0.3) is 5.65 Å². The highest BCUT2D eigenvalue weighted by atomic mass is 19.1. The molecule has 9 heteroatoms. The van der Waals surface area contributed by atoms with Gasteiger partial charge in [0.05, 0.1) is 12.6 Å². The minimum absolute atomic E-state index is 0.0877. The normalized spacial score (nSPS) is 16.7. The molecule has 146 valence electrons. The van der Waals surface area contributed by atoms with Crippen molar-refractivity contribution < 1.29 is 18.7 Å². The molecule has 0 radical (unpaired) electrons. The summed E-state index contributed by atoms with van der Waals surface area (Å²) in [6.07, 6.45) is 4.58. The van der Waals surface area contributed by atoms with E-state index in [1.807, 2.05) is 4.90 Å². The molecule has 1 atom stereocenters. The van der Waals surface area contributed by atoms with Crippen LogP contribution in [0.5, 0.6) is 0 Å². The number of aliphatic hydroxyl groups is 1.